The lowest BCUT2D eigenvalue weighted by Gasteiger charge is -2.13. The minimum absolute atomic E-state index is 0.491. The Hall–Kier alpha value is -1.81. The molecule has 1 aromatic heterocycles. The van der Waals surface area contributed by atoms with Gasteiger partial charge in [-0.05, 0) is 44.4 Å². The fourth-order valence-electron chi connectivity index (χ4n) is 3.06. The first kappa shape index (κ1) is 15.1. The normalized spacial score (nSPS) is 21.2. The highest BCUT2D eigenvalue weighted by molar-refractivity contribution is 5.29. The van der Waals surface area contributed by atoms with Gasteiger partial charge in [-0.25, -0.2) is 4.98 Å². The van der Waals surface area contributed by atoms with Gasteiger partial charge in [-0.2, -0.15) is 0 Å². The van der Waals surface area contributed by atoms with Crippen molar-refractivity contribution in [2.45, 2.75) is 52.1 Å². The quantitative estimate of drug-likeness (QED) is 0.914. The van der Waals surface area contributed by atoms with Crippen LogP contribution in [0.5, 0.6) is 5.75 Å². The maximum Gasteiger partial charge on any atom is 0.191 e. The zero-order valence-electron chi connectivity index (χ0n) is 13.6. The van der Waals surface area contributed by atoms with E-state index in [1.165, 1.54) is 18.4 Å². The van der Waals surface area contributed by atoms with Gasteiger partial charge in [-0.3, -0.25) is 0 Å². The second-order valence-electron chi connectivity index (χ2n) is 6.10. The monoisotopic (exact) mass is 300 g/mol. The van der Waals surface area contributed by atoms with Gasteiger partial charge < -0.3 is 14.5 Å². The van der Waals surface area contributed by atoms with Crippen LogP contribution in [0.4, 0.5) is 0 Å². The molecule has 118 valence electrons. The van der Waals surface area contributed by atoms with Gasteiger partial charge in [-0.1, -0.05) is 12.1 Å². The Balaban J connectivity index is 1.52. The third-order valence-electron chi connectivity index (χ3n) is 4.26. The summed E-state index contributed by atoms with van der Waals surface area (Å²) in [5, 5.41) is 3.60. The lowest BCUT2D eigenvalue weighted by molar-refractivity contribution is 0.319. The number of hydrogen-bond donors (Lipinski definition) is 1. The minimum Gasteiger partial charge on any atom is -0.493 e. The smallest absolute Gasteiger partial charge is 0.191 e. The third-order valence-corrected chi connectivity index (χ3v) is 4.26. The van der Waals surface area contributed by atoms with E-state index in [9.17, 15) is 0 Å². The van der Waals surface area contributed by atoms with Crippen molar-refractivity contribution in [3.8, 4) is 5.75 Å². The predicted molar refractivity (Wildman–Crippen MR) is 86.2 cm³/mol. The number of nitrogens with one attached hydrogen (secondary N) is 1. The summed E-state index contributed by atoms with van der Waals surface area (Å²) in [6.07, 6.45) is 3.23. The van der Waals surface area contributed by atoms with Gasteiger partial charge in [0, 0.05) is 25.4 Å². The molecule has 0 unspecified atom stereocenters. The van der Waals surface area contributed by atoms with E-state index in [-0.39, 0.29) is 0 Å². The SMILES string of the molecule is Cc1nc(CCOc2ccc([C@H]3CC[C@H](C)N3)cc2)c(C)o1. The zero-order valence-corrected chi connectivity index (χ0v) is 13.6. The van der Waals surface area contributed by atoms with Gasteiger partial charge in [0.05, 0.1) is 12.3 Å². The van der Waals surface area contributed by atoms with Crippen LogP contribution in [0.2, 0.25) is 0 Å². The molecule has 1 aliphatic rings. The molecule has 0 aliphatic carbocycles. The summed E-state index contributed by atoms with van der Waals surface area (Å²) in [4.78, 5) is 4.36. The highest BCUT2D eigenvalue weighted by Gasteiger charge is 2.21. The number of nitrogens with zero attached hydrogens (tertiary/aromatic N) is 1. The molecule has 4 heteroatoms. The molecule has 1 saturated heterocycles. The second-order valence-corrected chi connectivity index (χ2v) is 6.10. The number of oxazole rings is 1. The Morgan fingerprint density at radius 3 is 2.59 bits per heavy atom. The first-order valence-corrected chi connectivity index (χ1v) is 8.03. The predicted octanol–water partition coefficient (Wildman–Crippen LogP) is 3.73. The van der Waals surface area contributed by atoms with Gasteiger partial charge in [0.25, 0.3) is 0 Å². The first-order chi connectivity index (χ1) is 10.6. The van der Waals surface area contributed by atoms with Crippen LogP contribution in [-0.4, -0.2) is 17.6 Å². The molecule has 0 spiro atoms. The third kappa shape index (κ3) is 3.50. The topological polar surface area (TPSA) is 47.3 Å². The molecule has 2 aromatic rings. The fourth-order valence-corrected chi connectivity index (χ4v) is 3.06. The van der Waals surface area contributed by atoms with E-state index in [1.54, 1.807) is 0 Å². The largest absolute Gasteiger partial charge is 0.493 e. The molecule has 0 amide bonds. The van der Waals surface area contributed by atoms with Gasteiger partial charge in [-0.15, -0.1) is 0 Å². The Kier molecular flexibility index (Phi) is 4.48. The molecule has 0 radical (unpaired) electrons. The average Bonchev–Trinajstić information content (AvgIpc) is 3.06. The van der Waals surface area contributed by atoms with Crippen LogP contribution in [0.25, 0.3) is 0 Å². The average molecular weight is 300 g/mol. The molecule has 1 N–H and O–H groups in total. The van der Waals surface area contributed by atoms with Crippen molar-refractivity contribution in [1.82, 2.24) is 10.3 Å². The molecule has 1 aromatic carbocycles. The summed E-state index contributed by atoms with van der Waals surface area (Å²) in [6, 6.07) is 9.55. The Bertz CT molecular complexity index is 619. The summed E-state index contributed by atoms with van der Waals surface area (Å²) in [5.41, 5.74) is 2.33. The highest BCUT2D eigenvalue weighted by Crippen LogP contribution is 2.27. The van der Waals surface area contributed by atoms with Gasteiger partial charge in [0.15, 0.2) is 5.89 Å². The van der Waals surface area contributed by atoms with Crippen LogP contribution in [0.15, 0.2) is 28.7 Å². The van der Waals surface area contributed by atoms with E-state index in [0.717, 1.165) is 29.5 Å². The van der Waals surface area contributed by atoms with Crippen molar-refractivity contribution in [3.05, 3.63) is 47.2 Å². The Morgan fingerprint density at radius 1 is 1.23 bits per heavy atom. The molecule has 3 rings (SSSR count). The Labute approximate surface area is 131 Å². The number of benzene rings is 1. The number of ether oxygens (including phenoxy) is 1. The van der Waals surface area contributed by atoms with E-state index >= 15 is 0 Å². The van der Waals surface area contributed by atoms with Crippen LogP contribution < -0.4 is 10.1 Å². The highest BCUT2D eigenvalue weighted by atomic mass is 16.5. The van der Waals surface area contributed by atoms with Crippen molar-refractivity contribution in [3.63, 3.8) is 0 Å². The van der Waals surface area contributed by atoms with Crippen molar-refractivity contribution in [1.29, 1.82) is 0 Å². The van der Waals surface area contributed by atoms with Crippen molar-refractivity contribution in [2.75, 3.05) is 6.61 Å². The van der Waals surface area contributed by atoms with Crippen LogP contribution in [-0.2, 0) is 6.42 Å². The van der Waals surface area contributed by atoms with Crippen molar-refractivity contribution in [2.24, 2.45) is 0 Å². The van der Waals surface area contributed by atoms with Crippen LogP contribution in [0.1, 0.15) is 48.7 Å². The summed E-state index contributed by atoms with van der Waals surface area (Å²) in [7, 11) is 0. The van der Waals surface area contributed by atoms with Crippen molar-refractivity contribution < 1.29 is 9.15 Å². The molecular formula is C18H24N2O2. The fraction of sp³-hybridized carbons (Fsp3) is 0.500. The Morgan fingerprint density at radius 2 is 2.00 bits per heavy atom. The van der Waals surface area contributed by atoms with Gasteiger partial charge in [0.2, 0.25) is 0 Å². The van der Waals surface area contributed by atoms with E-state index in [0.29, 0.717) is 18.7 Å². The number of hydrogen-bond acceptors (Lipinski definition) is 4. The van der Waals surface area contributed by atoms with E-state index < -0.39 is 0 Å². The summed E-state index contributed by atoms with van der Waals surface area (Å²) >= 11 is 0. The summed E-state index contributed by atoms with van der Waals surface area (Å²) in [6.45, 7) is 6.67. The molecule has 2 heterocycles. The number of rotatable bonds is 5. The van der Waals surface area contributed by atoms with Crippen LogP contribution >= 0.6 is 0 Å². The van der Waals surface area contributed by atoms with Gasteiger partial charge >= 0.3 is 0 Å². The molecular weight excluding hydrogens is 276 g/mol. The standard InChI is InChI=1S/C18H24N2O2/c1-12-4-9-18(19-12)15-5-7-16(8-6-15)21-11-10-17-13(2)22-14(3)20-17/h5-8,12,18-19H,4,9-11H2,1-3H3/t12-,18+/m0/s1. The summed E-state index contributed by atoms with van der Waals surface area (Å²) in [5.74, 6) is 2.51. The molecule has 1 fully saturated rings. The summed E-state index contributed by atoms with van der Waals surface area (Å²) < 4.78 is 11.2. The maximum atomic E-state index is 5.81. The van der Waals surface area contributed by atoms with Crippen molar-refractivity contribution >= 4 is 0 Å². The van der Waals surface area contributed by atoms with Crippen LogP contribution in [0.3, 0.4) is 0 Å². The van der Waals surface area contributed by atoms with E-state index in [1.807, 2.05) is 13.8 Å². The first-order valence-electron chi connectivity index (χ1n) is 8.03. The van der Waals surface area contributed by atoms with E-state index in [2.05, 4.69) is 41.5 Å². The second kappa shape index (κ2) is 6.53. The minimum atomic E-state index is 0.491. The molecule has 0 bridgehead atoms. The van der Waals surface area contributed by atoms with E-state index in [4.69, 9.17) is 9.15 Å². The molecule has 2 atom stereocenters. The number of aryl methyl sites for hydroxylation is 2. The lowest BCUT2D eigenvalue weighted by atomic mass is 10.1. The number of aromatic nitrogens is 1. The molecule has 0 saturated carbocycles. The molecule has 22 heavy (non-hydrogen) atoms. The lowest BCUT2D eigenvalue weighted by Crippen LogP contribution is -2.20. The molecule has 4 nitrogen and oxygen atoms in total. The van der Waals surface area contributed by atoms with Crippen LogP contribution in [0, 0.1) is 13.8 Å². The zero-order chi connectivity index (χ0) is 15.5. The van der Waals surface area contributed by atoms with Gasteiger partial charge in [0.1, 0.15) is 11.5 Å². The molecule has 1 aliphatic heterocycles. The maximum absolute atomic E-state index is 5.81.